The molecule has 0 aliphatic rings. The molecule has 0 saturated carbocycles. The van der Waals surface area contributed by atoms with Gasteiger partial charge in [-0.2, -0.15) is 0 Å². The smallest absolute Gasteiger partial charge is 0.255 e. The summed E-state index contributed by atoms with van der Waals surface area (Å²) in [6.07, 6.45) is 0.665. The summed E-state index contributed by atoms with van der Waals surface area (Å²) in [5, 5.41) is 2.77. The molecule has 0 atom stereocenters. The Labute approximate surface area is 186 Å². The van der Waals surface area contributed by atoms with Crippen LogP contribution in [0.4, 0.5) is 10.1 Å². The zero-order valence-electron chi connectivity index (χ0n) is 17.9. The molecule has 0 radical (unpaired) electrons. The van der Waals surface area contributed by atoms with Crippen molar-refractivity contribution in [3.8, 4) is 5.75 Å². The number of hydrogen-bond donors (Lipinski definition) is 2. The summed E-state index contributed by atoms with van der Waals surface area (Å²) >= 11 is 0. The minimum absolute atomic E-state index is 0.115. The van der Waals surface area contributed by atoms with Gasteiger partial charge in [0.25, 0.3) is 11.8 Å². The van der Waals surface area contributed by atoms with E-state index in [2.05, 4.69) is 5.32 Å². The lowest BCUT2D eigenvalue weighted by molar-refractivity contribution is 0.0742. The number of methoxy groups -OCH3 is 1. The van der Waals surface area contributed by atoms with Crippen molar-refractivity contribution in [1.29, 1.82) is 0 Å². The molecule has 2 amide bonds. The number of carbonyl (C=O) groups excluding carboxylic acids is 2. The zero-order chi connectivity index (χ0) is 22.9. The van der Waals surface area contributed by atoms with Crippen molar-refractivity contribution in [2.45, 2.75) is 13.0 Å². The number of nitrogens with zero attached hydrogens (tertiary/aromatic N) is 1. The highest BCUT2D eigenvalue weighted by Gasteiger charge is 2.16. The van der Waals surface area contributed by atoms with Crippen LogP contribution in [-0.2, 0) is 6.54 Å². The molecule has 166 valence electrons. The minimum Gasteiger partial charge on any atom is -0.497 e. The molecule has 0 saturated heterocycles. The van der Waals surface area contributed by atoms with Gasteiger partial charge >= 0.3 is 0 Å². The van der Waals surface area contributed by atoms with E-state index in [-0.39, 0.29) is 11.5 Å². The first-order chi connectivity index (χ1) is 15.5. The van der Waals surface area contributed by atoms with Crippen molar-refractivity contribution in [3.05, 3.63) is 95.3 Å². The maximum Gasteiger partial charge on any atom is 0.255 e. The van der Waals surface area contributed by atoms with Crippen LogP contribution < -0.4 is 15.8 Å². The summed E-state index contributed by atoms with van der Waals surface area (Å²) in [6.45, 7) is 1.33. The van der Waals surface area contributed by atoms with Crippen molar-refractivity contribution in [2.24, 2.45) is 5.73 Å². The zero-order valence-corrected chi connectivity index (χ0v) is 17.9. The first-order valence-electron chi connectivity index (χ1n) is 10.3. The van der Waals surface area contributed by atoms with Crippen LogP contribution in [0.5, 0.6) is 5.75 Å². The third kappa shape index (κ3) is 6.15. The van der Waals surface area contributed by atoms with E-state index in [0.717, 1.165) is 5.56 Å². The van der Waals surface area contributed by atoms with Gasteiger partial charge in [0.15, 0.2) is 0 Å². The lowest BCUT2D eigenvalue weighted by Gasteiger charge is -2.23. The Bertz CT molecular complexity index is 1070. The summed E-state index contributed by atoms with van der Waals surface area (Å²) in [6, 6.07) is 19.7. The highest BCUT2D eigenvalue weighted by Crippen LogP contribution is 2.18. The van der Waals surface area contributed by atoms with Crippen LogP contribution in [0.15, 0.2) is 72.8 Å². The van der Waals surface area contributed by atoms with Crippen molar-refractivity contribution in [3.63, 3.8) is 0 Å². The summed E-state index contributed by atoms with van der Waals surface area (Å²) in [5.41, 5.74) is 7.86. The Hall–Kier alpha value is -3.71. The molecule has 0 aliphatic carbocycles. The van der Waals surface area contributed by atoms with Gasteiger partial charge in [0, 0.05) is 29.9 Å². The molecule has 3 aromatic rings. The Kier molecular flexibility index (Phi) is 7.94. The van der Waals surface area contributed by atoms with E-state index in [9.17, 15) is 14.0 Å². The SMILES string of the molecule is COc1ccc(C(=O)N(CCCN)Cc2cccc(NC(=O)c3cccc(F)c3)c2)cc1. The Balaban J connectivity index is 1.74. The van der Waals surface area contributed by atoms with Crippen LogP contribution in [0.2, 0.25) is 0 Å². The largest absolute Gasteiger partial charge is 0.497 e. The van der Waals surface area contributed by atoms with Gasteiger partial charge in [-0.3, -0.25) is 9.59 Å². The number of nitrogens with two attached hydrogens (primary N) is 1. The predicted octanol–water partition coefficient (Wildman–Crippen LogP) is 4.08. The fourth-order valence-corrected chi connectivity index (χ4v) is 3.25. The van der Waals surface area contributed by atoms with Crippen LogP contribution in [0.1, 0.15) is 32.7 Å². The first kappa shape index (κ1) is 23.0. The van der Waals surface area contributed by atoms with Crippen LogP contribution in [0.3, 0.4) is 0 Å². The number of carbonyl (C=O) groups is 2. The second-order valence-electron chi connectivity index (χ2n) is 7.26. The van der Waals surface area contributed by atoms with Crippen LogP contribution in [0.25, 0.3) is 0 Å². The second kappa shape index (κ2) is 11.1. The molecule has 0 spiro atoms. The molecule has 0 fully saturated rings. The molecule has 3 N–H and O–H groups in total. The van der Waals surface area contributed by atoms with E-state index >= 15 is 0 Å². The van der Waals surface area contributed by atoms with Crippen LogP contribution >= 0.6 is 0 Å². The van der Waals surface area contributed by atoms with Crippen molar-refractivity contribution in [2.75, 3.05) is 25.5 Å². The number of benzene rings is 3. The van der Waals surface area contributed by atoms with E-state index in [4.69, 9.17) is 10.5 Å². The highest BCUT2D eigenvalue weighted by atomic mass is 19.1. The second-order valence-corrected chi connectivity index (χ2v) is 7.26. The van der Waals surface area contributed by atoms with Crippen molar-refractivity contribution >= 4 is 17.5 Å². The van der Waals surface area contributed by atoms with E-state index in [1.54, 1.807) is 60.5 Å². The number of hydrogen-bond acceptors (Lipinski definition) is 4. The fourth-order valence-electron chi connectivity index (χ4n) is 3.25. The highest BCUT2D eigenvalue weighted by molar-refractivity contribution is 6.04. The predicted molar refractivity (Wildman–Crippen MR) is 122 cm³/mol. The van der Waals surface area contributed by atoms with Crippen LogP contribution in [0, 0.1) is 5.82 Å². The first-order valence-corrected chi connectivity index (χ1v) is 10.3. The number of rotatable bonds is 9. The number of halogens is 1. The van der Waals surface area contributed by atoms with E-state index in [1.807, 2.05) is 6.07 Å². The third-order valence-corrected chi connectivity index (χ3v) is 4.90. The molecule has 6 nitrogen and oxygen atoms in total. The average Bonchev–Trinajstić information content (AvgIpc) is 2.81. The fraction of sp³-hybridized carbons (Fsp3) is 0.200. The van der Waals surface area contributed by atoms with Crippen molar-refractivity contribution < 1.29 is 18.7 Å². The lowest BCUT2D eigenvalue weighted by Crippen LogP contribution is -2.32. The molecule has 3 aromatic carbocycles. The van der Waals surface area contributed by atoms with E-state index in [1.165, 1.54) is 18.2 Å². The molecule has 0 aromatic heterocycles. The molecule has 7 heteroatoms. The number of ether oxygens (including phenoxy) is 1. The monoisotopic (exact) mass is 435 g/mol. The number of nitrogens with one attached hydrogen (secondary N) is 1. The summed E-state index contributed by atoms with van der Waals surface area (Å²) in [4.78, 5) is 27.2. The molecular formula is C25H26FN3O3. The molecule has 0 aliphatic heterocycles. The lowest BCUT2D eigenvalue weighted by atomic mass is 10.1. The minimum atomic E-state index is -0.473. The Morgan fingerprint density at radius 1 is 1.00 bits per heavy atom. The Morgan fingerprint density at radius 2 is 1.75 bits per heavy atom. The van der Waals surface area contributed by atoms with E-state index < -0.39 is 11.7 Å². The van der Waals surface area contributed by atoms with Gasteiger partial charge in [0.05, 0.1) is 7.11 Å². The molecule has 0 bridgehead atoms. The molecule has 32 heavy (non-hydrogen) atoms. The van der Waals surface area contributed by atoms with Gasteiger partial charge in [0.1, 0.15) is 11.6 Å². The standard InChI is InChI=1S/C25H26FN3O3/c1-32-23-11-9-19(10-12-23)25(31)29(14-4-13-27)17-18-5-2-8-22(15-18)28-24(30)20-6-3-7-21(26)16-20/h2-3,5-12,15-16H,4,13-14,17,27H2,1H3,(H,28,30). The normalized spacial score (nSPS) is 10.5. The molecular weight excluding hydrogens is 409 g/mol. The summed E-state index contributed by atoms with van der Waals surface area (Å²) < 4.78 is 18.6. The van der Waals surface area contributed by atoms with Gasteiger partial charge in [-0.05, 0) is 73.1 Å². The van der Waals surface area contributed by atoms with Gasteiger partial charge in [-0.15, -0.1) is 0 Å². The number of amides is 2. The summed E-state index contributed by atoms with van der Waals surface area (Å²) in [7, 11) is 1.57. The average molecular weight is 435 g/mol. The quantitative estimate of drug-likeness (QED) is 0.531. The molecule has 0 unspecified atom stereocenters. The van der Waals surface area contributed by atoms with Gasteiger partial charge < -0.3 is 20.7 Å². The molecule has 3 rings (SSSR count). The molecule has 0 heterocycles. The van der Waals surface area contributed by atoms with Gasteiger partial charge in [-0.25, -0.2) is 4.39 Å². The Morgan fingerprint density at radius 3 is 2.44 bits per heavy atom. The summed E-state index contributed by atoms with van der Waals surface area (Å²) in [5.74, 6) is -0.318. The number of anilines is 1. The van der Waals surface area contributed by atoms with Gasteiger partial charge in [0.2, 0.25) is 0 Å². The van der Waals surface area contributed by atoms with E-state index in [0.29, 0.717) is 43.1 Å². The maximum absolute atomic E-state index is 13.4. The van der Waals surface area contributed by atoms with Gasteiger partial charge in [-0.1, -0.05) is 18.2 Å². The van der Waals surface area contributed by atoms with Crippen LogP contribution in [-0.4, -0.2) is 36.9 Å². The third-order valence-electron chi connectivity index (χ3n) is 4.90. The van der Waals surface area contributed by atoms with Crippen molar-refractivity contribution in [1.82, 2.24) is 4.90 Å². The topological polar surface area (TPSA) is 84.7 Å². The maximum atomic E-state index is 13.4.